The summed E-state index contributed by atoms with van der Waals surface area (Å²) in [7, 11) is 1.62. The number of hydrogen-bond acceptors (Lipinski definition) is 4. The Labute approximate surface area is 191 Å². The molecule has 0 spiro atoms. The van der Waals surface area contributed by atoms with E-state index in [-0.39, 0.29) is 5.95 Å². The first-order valence-corrected chi connectivity index (χ1v) is 10.3. The van der Waals surface area contributed by atoms with Crippen molar-refractivity contribution in [3.63, 3.8) is 0 Å². The monoisotopic (exact) mass is 444 g/mol. The predicted octanol–water partition coefficient (Wildman–Crippen LogP) is 6.43. The molecule has 160 valence electrons. The van der Waals surface area contributed by atoms with Gasteiger partial charge in [0.05, 0.1) is 18.5 Å². The van der Waals surface area contributed by atoms with Gasteiger partial charge >= 0.3 is 6.03 Å². The molecule has 0 aliphatic carbocycles. The first-order valence-electron chi connectivity index (χ1n) is 9.94. The molecule has 0 atom stereocenters. The lowest BCUT2D eigenvalue weighted by Gasteiger charge is -2.11. The van der Waals surface area contributed by atoms with Crippen molar-refractivity contribution in [2.24, 2.45) is 0 Å². The molecular weight excluding hydrogens is 424 g/mol. The van der Waals surface area contributed by atoms with Gasteiger partial charge < -0.3 is 10.1 Å². The van der Waals surface area contributed by atoms with E-state index in [1.807, 2.05) is 61.5 Å². The van der Waals surface area contributed by atoms with Crippen molar-refractivity contribution in [3.8, 4) is 28.3 Å². The molecule has 0 bridgehead atoms. The number of benzene rings is 3. The summed E-state index contributed by atoms with van der Waals surface area (Å²) in [5, 5.41) is 6.00. The third-order valence-electron chi connectivity index (χ3n) is 4.77. The third-order valence-corrected chi connectivity index (χ3v) is 5.00. The second kappa shape index (κ2) is 9.49. The maximum atomic E-state index is 12.6. The minimum absolute atomic E-state index is 0.188. The number of carbonyl (C=O) groups is 1. The molecule has 1 aromatic heterocycles. The molecule has 0 fully saturated rings. The standard InChI is InChI=1S/C25H21ClN4O2/c1-16-6-8-17(9-7-16)22-15-23(18-10-12-21(32-2)13-11-18)29-24(28-22)30-25(31)27-20-5-3-4-19(26)14-20/h3-15H,1-2H3,(H2,27,28,29,30,31). The molecule has 0 aliphatic rings. The van der Waals surface area contributed by atoms with Gasteiger partial charge in [-0.2, -0.15) is 0 Å². The fourth-order valence-corrected chi connectivity index (χ4v) is 3.31. The summed E-state index contributed by atoms with van der Waals surface area (Å²) in [6.45, 7) is 2.03. The molecule has 0 saturated carbocycles. The van der Waals surface area contributed by atoms with Crippen molar-refractivity contribution >= 4 is 29.3 Å². The number of hydrogen-bond donors (Lipinski definition) is 2. The summed E-state index contributed by atoms with van der Waals surface area (Å²) < 4.78 is 5.24. The zero-order valence-electron chi connectivity index (χ0n) is 17.6. The van der Waals surface area contributed by atoms with Crippen LogP contribution >= 0.6 is 11.6 Å². The van der Waals surface area contributed by atoms with Crippen molar-refractivity contribution in [1.82, 2.24) is 9.97 Å². The lowest BCUT2D eigenvalue weighted by molar-refractivity contribution is 0.262. The van der Waals surface area contributed by atoms with Crippen LogP contribution in [0.5, 0.6) is 5.75 Å². The highest BCUT2D eigenvalue weighted by Crippen LogP contribution is 2.27. The van der Waals surface area contributed by atoms with Crippen molar-refractivity contribution < 1.29 is 9.53 Å². The lowest BCUT2D eigenvalue weighted by Crippen LogP contribution is -2.21. The number of nitrogens with zero attached hydrogens (tertiary/aromatic N) is 2. The van der Waals surface area contributed by atoms with E-state index in [0.717, 1.165) is 22.4 Å². The molecule has 0 saturated heterocycles. The normalized spacial score (nSPS) is 10.5. The SMILES string of the molecule is COc1ccc(-c2cc(-c3ccc(C)cc3)nc(NC(=O)Nc3cccc(Cl)c3)n2)cc1. The molecule has 2 amide bonds. The fourth-order valence-electron chi connectivity index (χ4n) is 3.12. The number of amides is 2. The number of ether oxygens (including phenoxy) is 1. The lowest BCUT2D eigenvalue weighted by atomic mass is 10.1. The van der Waals surface area contributed by atoms with Gasteiger partial charge in [-0.15, -0.1) is 0 Å². The fraction of sp³-hybridized carbons (Fsp3) is 0.0800. The Hall–Kier alpha value is -3.90. The van der Waals surface area contributed by atoms with Crippen LogP contribution in [0.15, 0.2) is 78.9 Å². The summed E-state index contributed by atoms with van der Waals surface area (Å²) in [5.41, 5.74) is 4.89. The molecule has 4 rings (SSSR count). The van der Waals surface area contributed by atoms with Crippen LogP contribution in [0.4, 0.5) is 16.4 Å². The quantitative estimate of drug-likeness (QED) is 0.372. The van der Waals surface area contributed by atoms with Gasteiger partial charge in [0.1, 0.15) is 5.75 Å². The molecular formula is C25H21ClN4O2. The number of aromatic nitrogens is 2. The van der Waals surface area contributed by atoms with Crippen LogP contribution < -0.4 is 15.4 Å². The number of methoxy groups -OCH3 is 1. The second-order valence-electron chi connectivity index (χ2n) is 7.15. The van der Waals surface area contributed by atoms with Gasteiger partial charge in [0.2, 0.25) is 5.95 Å². The van der Waals surface area contributed by atoms with E-state index in [9.17, 15) is 4.79 Å². The van der Waals surface area contributed by atoms with Crippen LogP contribution in [0.2, 0.25) is 5.02 Å². The maximum Gasteiger partial charge on any atom is 0.326 e. The summed E-state index contributed by atoms with van der Waals surface area (Å²) in [6, 6.07) is 23.9. The summed E-state index contributed by atoms with van der Waals surface area (Å²) in [4.78, 5) is 21.7. The second-order valence-corrected chi connectivity index (χ2v) is 7.58. The average molecular weight is 445 g/mol. The molecule has 0 unspecified atom stereocenters. The molecule has 3 aromatic carbocycles. The number of halogens is 1. The van der Waals surface area contributed by atoms with E-state index in [1.165, 1.54) is 0 Å². The molecule has 7 heteroatoms. The van der Waals surface area contributed by atoms with Crippen molar-refractivity contribution in [2.45, 2.75) is 6.92 Å². The van der Waals surface area contributed by atoms with Crippen LogP contribution in [-0.2, 0) is 0 Å². The van der Waals surface area contributed by atoms with Gasteiger partial charge in [0, 0.05) is 21.8 Å². The summed E-state index contributed by atoms with van der Waals surface area (Å²) >= 11 is 5.99. The van der Waals surface area contributed by atoms with Gasteiger partial charge in [-0.3, -0.25) is 5.32 Å². The maximum absolute atomic E-state index is 12.6. The van der Waals surface area contributed by atoms with E-state index >= 15 is 0 Å². The minimum Gasteiger partial charge on any atom is -0.497 e. The van der Waals surface area contributed by atoms with E-state index in [4.69, 9.17) is 16.3 Å². The van der Waals surface area contributed by atoms with Gasteiger partial charge in [-0.05, 0) is 55.5 Å². The highest BCUT2D eigenvalue weighted by molar-refractivity contribution is 6.30. The van der Waals surface area contributed by atoms with Crippen molar-refractivity contribution in [3.05, 3.63) is 89.4 Å². The van der Waals surface area contributed by atoms with Crippen LogP contribution in [0.25, 0.3) is 22.5 Å². The highest BCUT2D eigenvalue weighted by atomic mass is 35.5. The number of anilines is 2. The zero-order chi connectivity index (χ0) is 22.5. The third kappa shape index (κ3) is 5.22. The number of carbonyl (C=O) groups excluding carboxylic acids is 1. The number of rotatable bonds is 5. The van der Waals surface area contributed by atoms with E-state index < -0.39 is 6.03 Å². The van der Waals surface area contributed by atoms with Crippen molar-refractivity contribution in [2.75, 3.05) is 17.7 Å². The Morgan fingerprint density at radius 2 is 1.47 bits per heavy atom. The summed E-state index contributed by atoms with van der Waals surface area (Å²) in [5.74, 6) is 0.939. The summed E-state index contributed by atoms with van der Waals surface area (Å²) in [6.07, 6.45) is 0. The van der Waals surface area contributed by atoms with E-state index in [2.05, 4.69) is 20.6 Å². The van der Waals surface area contributed by atoms with Crippen LogP contribution in [-0.4, -0.2) is 23.1 Å². The van der Waals surface area contributed by atoms with Crippen LogP contribution in [0.3, 0.4) is 0 Å². The van der Waals surface area contributed by atoms with Gasteiger partial charge in [-0.25, -0.2) is 14.8 Å². The molecule has 6 nitrogen and oxygen atoms in total. The number of aryl methyl sites for hydroxylation is 1. The molecule has 0 radical (unpaired) electrons. The largest absolute Gasteiger partial charge is 0.497 e. The van der Waals surface area contributed by atoms with E-state index in [1.54, 1.807) is 31.4 Å². The Morgan fingerprint density at radius 3 is 2.06 bits per heavy atom. The molecule has 32 heavy (non-hydrogen) atoms. The smallest absolute Gasteiger partial charge is 0.326 e. The Balaban J connectivity index is 1.67. The highest BCUT2D eigenvalue weighted by Gasteiger charge is 2.12. The topological polar surface area (TPSA) is 76.1 Å². The van der Waals surface area contributed by atoms with E-state index in [0.29, 0.717) is 22.1 Å². The molecule has 1 heterocycles. The molecule has 0 aliphatic heterocycles. The van der Waals surface area contributed by atoms with Crippen LogP contribution in [0, 0.1) is 6.92 Å². The Kier molecular flexibility index (Phi) is 6.33. The van der Waals surface area contributed by atoms with Crippen LogP contribution in [0.1, 0.15) is 5.56 Å². The predicted molar refractivity (Wildman–Crippen MR) is 128 cm³/mol. The Bertz CT molecular complexity index is 1240. The molecule has 2 N–H and O–H groups in total. The van der Waals surface area contributed by atoms with Gasteiger partial charge in [-0.1, -0.05) is 47.5 Å². The number of urea groups is 1. The molecule has 4 aromatic rings. The Morgan fingerprint density at radius 1 is 0.844 bits per heavy atom. The first-order chi connectivity index (χ1) is 15.5. The number of nitrogens with one attached hydrogen (secondary N) is 2. The zero-order valence-corrected chi connectivity index (χ0v) is 18.4. The van der Waals surface area contributed by atoms with Gasteiger partial charge in [0.15, 0.2) is 0 Å². The minimum atomic E-state index is -0.464. The van der Waals surface area contributed by atoms with Crippen molar-refractivity contribution in [1.29, 1.82) is 0 Å². The first kappa shape index (κ1) is 21.3. The average Bonchev–Trinajstić information content (AvgIpc) is 2.79. The van der Waals surface area contributed by atoms with Gasteiger partial charge in [0.25, 0.3) is 0 Å².